The normalized spacial score (nSPS) is 35.5. The number of hydrogen-bond donors (Lipinski definition) is 2. The molecule has 12 heavy (non-hydrogen) atoms. The Morgan fingerprint density at radius 1 is 0.750 bits per heavy atom. The van der Waals surface area contributed by atoms with Crippen LogP contribution in [0.15, 0.2) is 0 Å². The van der Waals surface area contributed by atoms with Crippen molar-refractivity contribution in [2.75, 3.05) is 0 Å². The molecule has 1 fully saturated rings. The minimum atomic E-state index is 0. The van der Waals surface area contributed by atoms with Crippen LogP contribution in [-0.2, 0) is 0 Å². The van der Waals surface area contributed by atoms with E-state index in [1.165, 1.54) is 0 Å². The van der Waals surface area contributed by atoms with Gasteiger partial charge < -0.3 is 11.5 Å². The van der Waals surface area contributed by atoms with Crippen LogP contribution in [0.5, 0.6) is 0 Å². The Balaban J connectivity index is 0. The van der Waals surface area contributed by atoms with Crippen molar-refractivity contribution in [2.45, 2.75) is 39.8 Å². The smallest absolute Gasteiger partial charge is 0.0172 e. The van der Waals surface area contributed by atoms with Gasteiger partial charge in [-0.25, -0.2) is 0 Å². The summed E-state index contributed by atoms with van der Waals surface area (Å²) in [5.74, 6) is 0. The van der Waals surface area contributed by atoms with Gasteiger partial charge >= 0.3 is 0 Å². The van der Waals surface area contributed by atoms with Gasteiger partial charge in [0, 0.05) is 12.1 Å². The van der Waals surface area contributed by atoms with Crippen LogP contribution in [0.4, 0.5) is 0 Å². The second-order valence-corrected chi connectivity index (χ2v) is 4.60. The molecule has 1 saturated carbocycles. The van der Waals surface area contributed by atoms with Gasteiger partial charge in [0.25, 0.3) is 0 Å². The summed E-state index contributed by atoms with van der Waals surface area (Å²) in [6.07, 6.45) is 0. The number of nitrogens with two attached hydrogens (primary N) is 2. The van der Waals surface area contributed by atoms with Crippen LogP contribution in [0.25, 0.3) is 0 Å². The minimum Gasteiger partial charge on any atom is -0.327 e. The zero-order chi connectivity index (χ0) is 8.15. The van der Waals surface area contributed by atoms with E-state index in [1.807, 2.05) is 0 Å². The Kier molecular flexibility index (Phi) is 4.63. The highest BCUT2D eigenvalue weighted by Gasteiger charge is 2.57. The third-order valence-corrected chi connectivity index (χ3v) is 3.21. The van der Waals surface area contributed by atoms with Crippen LogP contribution >= 0.6 is 24.8 Å². The van der Waals surface area contributed by atoms with Gasteiger partial charge in [0.2, 0.25) is 0 Å². The average molecular weight is 215 g/mol. The molecule has 0 amide bonds. The molecule has 0 spiro atoms. The molecule has 0 heterocycles. The fourth-order valence-electron chi connectivity index (χ4n) is 2.21. The second-order valence-electron chi connectivity index (χ2n) is 4.60. The van der Waals surface area contributed by atoms with E-state index in [2.05, 4.69) is 27.7 Å². The van der Waals surface area contributed by atoms with Crippen molar-refractivity contribution in [1.82, 2.24) is 0 Å². The first-order valence-electron chi connectivity index (χ1n) is 3.82. The van der Waals surface area contributed by atoms with Gasteiger partial charge in [-0.05, 0) is 10.8 Å². The summed E-state index contributed by atoms with van der Waals surface area (Å²) in [4.78, 5) is 0. The van der Waals surface area contributed by atoms with Gasteiger partial charge in [-0.1, -0.05) is 27.7 Å². The van der Waals surface area contributed by atoms with Crippen LogP contribution in [0.1, 0.15) is 27.7 Å². The molecule has 0 aliphatic heterocycles. The molecule has 76 valence electrons. The molecule has 0 saturated heterocycles. The molecule has 0 atom stereocenters. The summed E-state index contributed by atoms with van der Waals surface area (Å²) < 4.78 is 0. The predicted molar refractivity (Wildman–Crippen MR) is 58.0 cm³/mol. The topological polar surface area (TPSA) is 52.0 Å². The van der Waals surface area contributed by atoms with Gasteiger partial charge in [-0.2, -0.15) is 0 Å². The average Bonchev–Trinajstić information content (AvgIpc) is 1.84. The number of rotatable bonds is 0. The van der Waals surface area contributed by atoms with Crippen molar-refractivity contribution < 1.29 is 0 Å². The Morgan fingerprint density at radius 2 is 0.917 bits per heavy atom. The van der Waals surface area contributed by atoms with Crippen LogP contribution in [-0.4, -0.2) is 12.1 Å². The molecular formula is C8H20Cl2N2. The molecular weight excluding hydrogens is 195 g/mol. The van der Waals surface area contributed by atoms with Crippen LogP contribution in [0, 0.1) is 10.8 Å². The summed E-state index contributed by atoms with van der Waals surface area (Å²) in [5, 5.41) is 0. The molecule has 4 N–H and O–H groups in total. The Morgan fingerprint density at radius 3 is 1.00 bits per heavy atom. The lowest BCUT2D eigenvalue weighted by molar-refractivity contribution is -0.0500. The lowest BCUT2D eigenvalue weighted by Crippen LogP contribution is -2.74. The van der Waals surface area contributed by atoms with E-state index in [-0.39, 0.29) is 47.7 Å². The van der Waals surface area contributed by atoms with Gasteiger partial charge in [0.15, 0.2) is 0 Å². The highest BCUT2D eigenvalue weighted by Crippen LogP contribution is 2.51. The van der Waals surface area contributed by atoms with E-state index < -0.39 is 0 Å². The molecule has 4 heteroatoms. The van der Waals surface area contributed by atoms with E-state index in [0.717, 1.165) is 0 Å². The molecule has 0 unspecified atom stereocenters. The highest BCUT2D eigenvalue weighted by molar-refractivity contribution is 5.85. The Labute approximate surface area is 87.3 Å². The third-order valence-electron chi connectivity index (χ3n) is 3.21. The molecule has 2 nitrogen and oxygen atoms in total. The summed E-state index contributed by atoms with van der Waals surface area (Å²) in [6.45, 7) is 8.53. The molecule has 1 aliphatic carbocycles. The summed E-state index contributed by atoms with van der Waals surface area (Å²) in [5.41, 5.74) is 12.1. The maximum absolute atomic E-state index is 5.94. The van der Waals surface area contributed by atoms with Crippen molar-refractivity contribution in [3.8, 4) is 0 Å². The SMILES string of the molecule is CC1(C)C(N)C(C)(C)C1N.Cl.Cl. The molecule has 0 aromatic carbocycles. The molecule has 0 aromatic rings. The molecule has 1 rings (SSSR count). The Hall–Kier alpha value is 0.500. The quantitative estimate of drug-likeness (QED) is 0.644. The Bertz CT molecular complexity index is 127. The fraction of sp³-hybridized carbons (Fsp3) is 1.00. The van der Waals surface area contributed by atoms with Gasteiger partial charge in [0.1, 0.15) is 0 Å². The van der Waals surface area contributed by atoms with Crippen molar-refractivity contribution in [3.05, 3.63) is 0 Å². The minimum absolute atomic E-state index is 0. The zero-order valence-corrected chi connectivity index (χ0v) is 9.76. The van der Waals surface area contributed by atoms with Crippen LogP contribution in [0.3, 0.4) is 0 Å². The van der Waals surface area contributed by atoms with E-state index in [9.17, 15) is 0 Å². The van der Waals surface area contributed by atoms with Crippen molar-refractivity contribution in [3.63, 3.8) is 0 Å². The maximum atomic E-state index is 5.94. The first-order valence-corrected chi connectivity index (χ1v) is 3.82. The number of halogens is 2. The van der Waals surface area contributed by atoms with E-state index >= 15 is 0 Å². The summed E-state index contributed by atoms with van der Waals surface area (Å²) >= 11 is 0. The first-order chi connectivity index (χ1) is 4.31. The van der Waals surface area contributed by atoms with Gasteiger partial charge in [-0.15, -0.1) is 24.8 Å². The van der Waals surface area contributed by atoms with Gasteiger partial charge in [-0.3, -0.25) is 0 Å². The van der Waals surface area contributed by atoms with Crippen LogP contribution < -0.4 is 11.5 Å². The zero-order valence-electron chi connectivity index (χ0n) is 8.13. The lowest BCUT2D eigenvalue weighted by Gasteiger charge is -2.61. The van der Waals surface area contributed by atoms with E-state index in [1.54, 1.807) is 0 Å². The number of hydrogen-bond acceptors (Lipinski definition) is 2. The van der Waals surface area contributed by atoms with Crippen molar-refractivity contribution in [2.24, 2.45) is 22.3 Å². The predicted octanol–water partition coefficient (Wildman–Crippen LogP) is 1.55. The van der Waals surface area contributed by atoms with Gasteiger partial charge in [0.05, 0.1) is 0 Å². The fourth-order valence-corrected chi connectivity index (χ4v) is 2.21. The largest absolute Gasteiger partial charge is 0.327 e. The van der Waals surface area contributed by atoms with Crippen LogP contribution in [0.2, 0.25) is 0 Å². The van der Waals surface area contributed by atoms with E-state index in [4.69, 9.17) is 11.5 Å². The molecule has 1 aliphatic rings. The standard InChI is InChI=1S/C8H18N2.2ClH/c1-7(2)5(9)8(3,4)6(7)10;;/h5-6H,9-10H2,1-4H3;2*1H. The summed E-state index contributed by atoms with van der Waals surface area (Å²) in [7, 11) is 0. The molecule has 0 aromatic heterocycles. The van der Waals surface area contributed by atoms with Crippen molar-refractivity contribution in [1.29, 1.82) is 0 Å². The van der Waals surface area contributed by atoms with Crippen molar-refractivity contribution >= 4 is 24.8 Å². The van der Waals surface area contributed by atoms with E-state index in [0.29, 0.717) is 0 Å². The molecule has 0 radical (unpaired) electrons. The first kappa shape index (κ1) is 15.0. The second kappa shape index (κ2) is 3.70. The maximum Gasteiger partial charge on any atom is 0.0172 e. The highest BCUT2D eigenvalue weighted by atomic mass is 35.5. The third kappa shape index (κ3) is 1.58. The monoisotopic (exact) mass is 214 g/mol. The molecule has 0 bridgehead atoms. The lowest BCUT2D eigenvalue weighted by atomic mass is 9.49. The summed E-state index contributed by atoms with van der Waals surface area (Å²) in [6, 6.07) is 0.491.